The molecule has 0 bridgehead atoms. The zero-order valence-electron chi connectivity index (χ0n) is 20.4. The number of unbranched alkanes of at least 4 members (excludes halogenated alkanes) is 1. The van der Waals surface area contributed by atoms with E-state index in [-0.39, 0.29) is 23.6 Å². The molecule has 184 valence electrons. The monoisotopic (exact) mass is 477 g/mol. The van der Waals surface area contributed by atoms with Gasteiger partial charge in [0.15, 0.2) is 0 Å². The molecule has 1 aliphatic carbocycles. The average Bonchev–Trinajstić information content (AvgIpc) is 3.53. The van der Waals surface area contributed by atoms with Crippen LogP contribution in [0.1, 0.15) is 58.2 Å². The van der Waals surface area contributed by atoms with Gasteiger partial charge in [-0.05, 0) is 64.7 Å². The van der Waals surface area contributed by atoms with Gasteiger partial charge in [-0.3, -0.25) is 18.9 Å². The van der Waals surface area contributed by atoms with Crippen LogP contribution in [0.3, 0.4) is 0 Å². The van der Waals surface area contributed by atoms with Crippen molar-refractivity contribution in [1.82, 2.24) is 23.7 Å². The van der Waals surface area contributed by atoms with Crippen LogP contribution in [0.15, 0.2) is 41.5 Å². The molecule has 9 heteroatoms. The Balaban J connectivity index is 1.42. The van der Waals surface area contributed by atoms with E-state index in [1.165, 1.54) is 0 Å². The smallest absolute Gasteiger partial charge is 0.329 e. The van der Waals surface area contributed by atoms with Gasteiger partial charge in [-0.25, -0.2) is 9.78 Å². The van der Waals surface area contributed by atoms with Crippen molar-refractivity contribution in [2.45, 2.75) is 65.6 Å². The molecule has 0 spiro atoms. The number of aromatic hydroxyl groups is 1. The molecule has 0 atom stereocenters. The molecule has 4 aromatic rings. The molecule has 4 aromatic heterocycles. The Hall–Kier alpha value is -3.62. The fourth-order valence-electron chi connectivity index (χ4n) is 4.46. The largest absolute Gasteiger partial charge is 0.493 e. The van der Waals surface area contributed by atoms with Crippen LogP contribution in [-0.2, 0) is 22.6 Å². The van der Waals surface area contributed by atoms with E-state index in [1.54, 1.807) is 23.0 Å². The van der Waals surface area contributed by atoms with Crippen LogP contribution in [0.25, 0.3) is 22.1 Å². The van der Waals surface area contributed by atoms with Crippen molar-refractivity contribution < 1.29 is 14.6 Å². The lowest BCUT2D eigenvalue weighted by molar-refractivity contribution is -0.153. The number of carbonyl (C=O) groups is 1. The van der Waals surface area contributed by atoms with E-state index in [0.717, 1.165) is 47.9 Å². The number of rotatable bonds is 8. The van der Waals surface area contributed by atoms with Crippen LogP contribution in [0.5, 0.6) is 5.88 Å². The maximum atomic E-state index is 13.4. The molecule has 0 saturated heterocycles. The van der Waals surface area contributed by atoms with Gasteiger partial charge in [0, 0.05) is 30.5 Å². The second-order valence-electron chi connectivity index (χ2n) is 10.3. The first-order chi connectivity index (χ1) is 16.7. The van der Waals surface area contributed by atoms with Crippen LogP contribution in [0.4, 0.5) is 0 Å². The Labute approximate surface area is 203 Å². The molecule has 1 aliphatic rings. The van der Waals surface area contributed by atoms with Gasteiger partial charge in [0.1, 0.15) is 0 Å². The summed E-state index contributed by atoms with van der Waals surface area (Å²) in [5.41, 5.74) is 3.66. The fourth-order valence-corrected chi connectivity index (χ4v) is 4.46. The summed E-state index contributed by atoms with van der Waals surface area (Å²) in [7, 11) is 0. The van der Waals surface area contributed by atoms with Crippen LogP contribution < -0.4 is 5.69 Å². The standard InChI is InChI=1S/C26H31N5O4/c1-26(2,3)24(33)35-13-5-4-12-29-18(14-19-20(29)8-9-23(32)28-19)16-30-22-15-27-11-10-21(22)31(25(30)34)17-6-7-17/h8-11,14-15,17H,4-7,12-13,16H2,1-3H3,(H,28,32). The Morgan fingerprint density at radius 2 is 1.91 bits per heavy atom. The van der Waals surface area contributed by atoms with Gasteiger partial charge in [0.2, 0.25) is 5.88 Å². The number of ether oxygens (including phenoxy) is 1. The number of fused-ring (bicyclic) bond motifs is 2. The second kappa shape index (κ2) is 8.87. The molecule has 0 radical (unpaired) electrons. The van der Waals surface area contributed by atoms with Gasteiger partial charge >= 0.3 is 11.7 Å². The van der Waals surface area contributed by atoms with Crippen LogP contribution in [0.2, 0.25) is 0 Å². The lowest BCUT2D eigenvalue weighted by Crippen LogP contribution is -2.25. The molecule has 0 aromatic carbocycles. The first-order valence-corrected chi connectivity index (χ1v) is 12.1. The van der Waals surface area contributed by atoms with E-state index < -0.39 is 5.41 Å². The van der Waals surface area contributed by atoms with Crippen LogP contribution >= 0.6 is 0 Å². The molecule has 5 rings (SSSR count). The Morgan fingerprint density at radius 3 is 2.66 bits per heavy atom. The summed E-state index contributed by atoms with van der Waals surface area (Å²) >= 11 is 0. The van der Waals surface area contributed by atoms with E-state index in [9.17, 15) is 14.7 Å². The predicted molar refractivity (Wildman–Crippen MR) is 132 cm³/mol. The maximum Gasteiger partial charge on any atom is 0.329 e. The van der Waals surface area contributed by atoms with Crippen molar-refractivity contribution in [1.29, 1.82) is 0 Å². The lowest BCUT2D eigenvalue weighted by atomic mass is 9.97. The number of aromatic nitrogens is 5. The molecular formula is C26H31N5O4. The van der Waals surface area contributed by atoms with Crippen molar-refractivity contribution in [3.8, 4) is 5.88 Å². The molecule has 1 fully saturated rings. The van der Waals surface area contributed by atoms with Crippen molar-refractivity contribution in [3.05, 3.63) is 52.8 Å². The van der Waals surface area contributed by atoms with Gasteiger partial charge in [-0.1, -0.05) is 0 Å². The highest BCUT2D eigenvalue weighted by Crippen LogP contribution is 2.36. The van der Waals surface area contributed by atoms with E-state index in [0.29, 0.717) is 25.2 Å². The third kappa shape index (κ3) is 4.54. The van der Waals surface area contributed by atoms with E-state index >= 15 is 0 Å². The highest BCUT2D eigenvalue weighted by atomic mass is 16.5. The van der Waals surface area contributed by atoms with Crippen molar-refractivity contribution in [3.63, 3.8) is 0 Å². The Bertz CT molecular complexity index is 1450. The minimum atomic E-state index is -0.515. The molecule has 4 heterocycles. The Kier molecular flexibility index (Phi) is 5.86. The maximum absolute atomic E-state index is 13.4. The molecule has 9 nitrogen and oxygen atoms in total. The molecule has 35 heavy (non-hydrogen) atoms. The minimum absolute atomic E-state index is 0.0304. The first kappa shape index (κ1) is 23.1. The van der Waals surface area contributed by atoms with Gasteiger partial charge in [-0.15, -0.1) is 0 Å². The molecule has 0 aliphatic heterocycles. The number of hydrogen-bond acceptors (Lipinski definition) is 6. The number of imidazole rings is 1. The zero-order chi connectivity index (χ0) is 24.7. The van der Waals surface area contributed by atoms with Crippen LogP contribution in [0, 0.1) is 5.41 Å². The molecular weight excluding hydrogens is 446 g/mol. The van der Waals surface area contributed by atoms with Crippen molar-refractivity contribution in [2.24, 2.45) is 5.41 Å². The van der Waals surface area contributed by atoms with Crippen LogP contribution in [-0.4, -0.2) is 41.4 Å². The zero-order valence-corrected chi connectivity index (χ0v) is 20.4. The third-order valence-corrected chi connectivity index (χ3v) is 6.45. The number of aryl methyl sites for hydroxylation is 1. The van der Waals surface area contributed by atoms with Gasteiger partial charge in [-0.2, -0.15) is 0 Å². The third-order valence-electron chi connectivity index (χ3n) is 6.45. The number of carbonyl (C=O) groups excluding carboxylic acids is 1. The summed E-state index contributed by atoms with van der Waals surface area (Å²) < 4.78 is 11.2. The summed E-state index contributed by atoms with van der Waals surface area (Å²) in [5, 5.41) is 9.90. The minimum Gasteiger partial charge on any atom is -0.493 e. The lowest BCUT2D eigenvalue weighted by Gasteiger charge is -2.16. The van der Waals surface area contributed by atoms with Gasteiger partial charge in [0.25, 0.3) is 0 Å². The SMILES string of the molecule is CC(C)(C)C(=O)OCCCCn1c(Cn2c(=O)n(C3CC3)c3ccncc32)cc2nc(O)ccc21. The highest BCUT2D eigenvalue weighted by molar-refractivity contribution is 5.78. The summed E-state index contributed by atoms with van der Waals surface area (Å²) in [5.74, 6) is -0.244. The average molecular weight is 478 g/mol. The molecule has 1 saturated carbocycles. The highest BCUT2D eigenvalue weighted by Gasteiger charge is 2.29. The molecule has 0 unspecified atom stereocenters. The summed E-state index contributed by atoms with van der Waals surface area (Å²) in [6.45, 7) is 6.93. The predicted octanol–water partition coefficient (Wildman–Crippen LogP) is 4.01. The number of pyridine rings is 2. The van der Waals surface area contributed by atoms with E-state index in [2.05, 4.69) is 14.5 Å². The van der Waals surface area contributed by atoms with Crippen molar-refractivity contribution in [2.75, 3.05) is 6.61 Å². The quantitative estimate of drug-likeness (QED) is 0.304. The molecule has 1 N–H and O–H groups in total. The van der Waals surface area contributed by atoms with Crippen molar-refractivity contribution >= 4 is 28.0 Å². The van der Waals surface area contributed by atoms with E-state index in [4.69, 9.17) is 4.74 Å². The topological polar surface area (TPSA) is 104 Å². The Morgan fingerprint density at radius 1 is 1.11 bits per heavy atom. The van der Waals surface area contributed by atoms with E-state index in [1.807, 2.05) is 43.5 Å². The first-order valence-electron chi connectivity index (χ1n) is 12.1. The fraction of sp³-hybridized carbons (Fsp3) is 0.462. The summed E-state index contributed by atoms with van der Waals surface area (Å²) in [4.78, 5) is 33.9. The summed E-state index contributed by atoms with van der Waals surface area (Å²) in [6.07, 6.45) is 7.01. The number of hydrogen-bond donors (Lipinski definition) is 1. The number of nitrogens with zero attached hydrogens (tertiary/aromatic N) is 5. The molecule has 0 amide bonds. The normalized spacial score (nSPS) is 14.1. The van der Waals surface area contributed by atoms with Gasteiger partial charge in [0.05, 0.1) is 46.8 Å². The van der Waals surface area contributed by atoms with Gasteiger partial charge < -0.3 is 14.4 Å². The second-order valence-corrected chi connectivity index (χ2v) is 10.3. The summed E-state index contributed by atoms with van der Waals surface area (Å²) in [6, 6.07) is 7.51. The number of esters is 1.